The van der Waals surface area contributed by atoms with Crippen molar-refractivity contribution in [1.29, 1.82) is 5.26 Å². The van der Waals surface area contributed by atoms with Crippen molar-refractivity contribution in [1.82, 2.24) is 5.32 Å². The third-order valence-corrected chi connectivity index (χ3v) is 4.19. The number of amides is 1. The molecular formula is C22H20N2O5. The highest BCUT2D eigenvalue weighted by molar-refractivity contribution is 5.98. The number of ether oxygens (including phenoxy) is 3. The van der Waals surface area contributed by atoms with Gasteiger partial charge in [-0.15, -0.1) is 0 Å². The van der Waals surface area contributed by atoms with Gasteiger partial charge in [0.05, 0.1) is 0 Å². The first-order valence-corrected chi connectivity index (χ1v) is 9.15. The standard InChI is InChI=1S/C22H20N2O5/c23-13-18(11-17-8-9-19-20(12-17)29-15-28-19)22(26)27-14-21(25)24-10-4-7-16-5-2-1-3-6-16/h1-3,5-6,8-9,11-12H,4,7,10,14-15H2,(H,24,25)/b18-11+. The van der Waals surface area contributed by atoms with Gasteiger partial charge in [-0.05, 0) is 42.2 Å². The molecule has 1 aliphatic heterocycles. The molecule has 29 heavy (non-hydrogen) atoms. The third kappa shape index (κ3) is 5.84. The molecule has 0 unspecified atom stereocenters. The summed E-state index contributed by atoms with van der Waals surface area (Å²) in [6, 6.07) is 16.8. The van der Waals surface area contributed by atoms with Crippen molar-refractivity contribution >= 4 is 18.0 Å². The molecule has 7 heteroatoms. The Morgan fingerprint density at radius 2 is 1.93 bits per heavy atom. The fourth-order valence-corrected chi connectivity index (χ4v) is 2.73. The topological polar surface area (TPSA) is 97.7 Å². The van der Waals surface area contributed by atoms with E-state index in [0.717, 1.165) is 12.8 Å². The number of nitrogens with zero attached hydrogens (tertiary/aromatic N) is 1. The maximum atomic E-state index is 12.1. The Morgan fingerprint density at radius 3 is 2.72 bits per heavy atom. The number of hydrogen-bond donors (Lipinski definition) is 1. The summed E-state index contributed by atoms with van der Waals surface area (Å²) in [7, 11) is 0. The Bertz CT molecular complexity index is 947. The van der Waals surface area contributed by atoms with E-state index in [-0.39, 0.29) is 12.4 Å². The van der Waals surface area contributed by atoms with Crippen molar-refractivity contribution in [3.63, 3.8) is 0 Å². The zero-order valence-electron chi connectivity index (χ0n) is 15.7. The van der Waals surface area contributed by atoms with Crippen molar-refractivity contribution in [3.8, 4) is 17.6 Å². The van der Waals surface area contributed by atoms with Gasteiger partial charge in [0.2, 0.25) is 6.79 Å². The second kappa shape index (κ2) is 9.95. The van der Waals surface area contributed by atoms with Gasteiger partial charge in [-0.1, -0.05) is 36.4 Å². The summed E-state index contributed by atoms with van der Waals surface area (Å²) in [5.74, 6) is -0.122. The Kier molecular flexibility index (Phi) is 6.85. The van der Waals surface area contributed by atoms with Crippen molar-refractivity contribution in [2.75, 3.05) is 19.9 Å². The molecule has 0 atom stereocenters. The van der Waals surface area contributed by atoms with E-state index < -0.39 is 18.5 Å². The van der Waals surface area contributed by atoms with Gasteiger partial charge >= 0.3 is 5.97 Å². The quantitative estimate of drug-likeness (QED) is 0.321. The van der Waals surface area contributed by atoms with E-state index in [9.17, 15) is 14.9 Å². The molecule has 7 nitrogen and oxygen atoms in total. The number of carbonyl (C=O) groups is 2. The fraction of sp³-hybridized carbons (Fsp3) is 0.227. The average Bonchev–Trinajstić information content (AvgIpc) is 3.22. The minimum atomic E-state index is -0.857. The van der Waals surface area contributed by atoms with Gasteiger partial charge in [0, 0.05) is 6.54 Å². The number of carbonyl (C=O) groups excluding carboxylic acids is 2. The van der Waals surface area contributed by atoms with Crippen LogP contribution in [0.4, 0.5) is 0 Å². The van der Waals surface area contributed by atoms with Crippen molar-refractivity contribution in [2.45, 2.75) is 12.8 Å². The maximum absolute atomic E-state index is 12.1. The lowest BCUT2D eigenvalue weighted by atomic mass is 10.1. The molecule has 1 amide bonds. The van der Waals surface area contributed by atoms with E-state index in [1.54, 1.807) is 24.3 Å². The molecule has 1 aliphatic rings. The highest BCUT2D eigenvalue weighted by Crippen LogP contribution is 2.33. The predicted octanol–water partition coefficient (Wildman–Crippen LogP) is 2.61. The van der Waals surface area contributed by atoms with Gasteiger partial charge in [0.25, 0.3) is 5.91 Å². The number of esters is 1. The van der Waals surface area contributed by atoms with Crippen molar-refractivity contribution in [2.24, 2.45) is 0 Å². The number of aryl methyl sites for hydroxylation is 1. The molecule has 0 aliphatic carbocycles. The van der Waals surface area contributed by atoms with Crippen LogP contribution in [0.5, 0.6) is 11.5 Å². The summed E-state index contributed by atoms with van der Waals surface area (Å²) in [6.07, 6.45) is 3.00. The maximum Gasteiger partial charge on any atom is 0.349 e. The monoisotopic (exact) mass is 392 g/mol. The molecule has 0 spiro atoms. The smallest absolute Gasteiger partial charge is 0.349 e. The number of hydrogen-bond acceptors (Lipinski definition) is 6. The van der Waals surface area contributed by atoms with Crippen LogP contribution in [0.2, 0.25) is 0 Å². The van der Waals surface area contributed by atoms with Crippen molar-refractivity contribution < 1.29 is 23.8 Å². The van der Waals surface area contributed by atoms with Gasteiger partial charge in [0.15, 0.2) is 18.1 Å². The third-order valence-electron chi connectivity index (χ3n) is 4.19. The van der Waals surface area contributed by atoms with Gasteiger partial charge in [0.1, 0.15) is 11.6 Å². The first-order chi connectivity index (χ1) is 14.2. The average molecular weight is 392 g/mol. The summed E-state index contributed by atoms with van der Waals surface area (Å²) in [5.41, 5.74) is 1.58. The Morgan fingerprint density at radius 1 is 1.14 bits per heavy atom. The Hall–Kier alpha value is -3.79. The van der Waals surface area contributed by atoms with E-state index in [1.165, 1.54) is 11.6 Å². The second-order valence-electron chi connectivity index (χ2n) is 6.30. The highest BCUT2D eigenvalue weighted by atomic mass is 16.7. The Labute approximate surface area is 168 Å². The number of rotatable bonds is 8. The van der Waals surface area contributed by atoms with Crippen LogP contribution >= 0.6 is 0 Å². The van der Waals surface area contributed by atoms with E-state index in [2.05, 4.69) is 5.32 Å². The van der Waals surface area contributed by atoms with Crippen LogP contribution in [0.3, 0.4) is 0 Å². The minimum Gasteiger partial charge on any atom is -0.454 e. The first-order valence-electron chi connectivity index (χ1n) is 9.15. The Balaban J connectivity index is 1.43. The van der Waals surface area contributed by atoms with Gasteiger partial charge in [-0.25, -0.2) is 4.79 Å². The van der Waals surface area contributed by atoms with E-state index in [4.69, 9.17) is 14.2 Å². The molecule has 1 heterocycles. The molecule has 0 saturated heterocycles. The lowest BCUT2D eigenvalue weighted by molar-refractivity contribution is -0.144. The molecule has 148 valence electrons. The molecular weight excluding hydrogens is 372 g/mol. The van der Waals surface area contributed by atoms with Crippen LogP contribution in [0, 0.1) is 11.3 Å². The highest BCUT2D eigenvalue weighted by Gasteiger charge is 2.16. The van der Waals surface area contributed by atoms with Crippen LogP contribution in [-0.4, -0.2) is 31.8 Å². The molecule has 3 rings (SSSR count). The summed E-state index contributed by atoms with van der Waals surface area (Å²) in [5, 5.41) is 11.9. The zero-order chi connectivity index (χ0) is 20.5. The molecule has 0 bridgehead atoms. The normalized spacial score (nSPS) is 12.2. The molecule has 2 aromatic carbocycles. The summed E-state index contributed by atoms with van der Waals surface area (Å²) in [6.45, 7) is 0.170. The van der Waals surface area contributed by atoms with Crippen LogP contribution < -0.4 is 14.8 Å². The fourth-order valence-electron chi connectivity index (χ4n) is 2.73. The summed E-state index contributed by atoms with van der Waals surface area (Å²) in [4.78, 5) is 23.9. The molecule has 1 N–H and O–H groups in total. The van der Waals surface area contributed by atoms with E-state index in [0.29, 0.717) is 23.6 Å². The second-order valence-corrected chi connectivity index (χ2v) is 6.30. The van der Waals surface area contributed by atoms with Gasteiger partial charge < -0.3 is 19.5 Å². The molecule has 0 saturated carbocycles. The van der Waals surface area contributed by atoms with Crippen molar-refractivity contribution in [3.05, 3.63) is 65.2 Å². The lowest BCUT2D eigenvalue weighted by Crippen LogP contribution is -2.30. The SMILES string of the molecule is N#C/C(=C\c1ccc2c(c1)OCO2)C(=O)OCC(=O)NCCCc1ccccc1. The predicted molar refractivity (Wildman–Crippen MR) is 105 cm³/mol. The lowest BCUT2D eigenvalue weighted by Gasteiger charge is -2.06. The van der Waals surface area contributed by atoms with E-state index >= 15 is 0 Å². The van der Waals surface area contributed by atoms with Gasteiger partial charge in [-0.3, -0.25) is 4.79 Å². The number of nitrogens with one attached hydrogen (secondary N) is 1. The first kappa shape index (κ1) is 20.0. The number of nitriles is 1. The number of benzene rings is 2. The van der Waals surface area contributed by atoms with Gasteiger partial charge in [-0.2, -0.15) is 5.26 Å². The van der Waals surface area contributed by atoms with E-state index in [1.807, 2.05) is 30.3 Å². The van der Waals surface area contributed by atoms with Crippen LogP contribution in [0.1, 0.15) is 17.5 Å². The van der Waals surface area contributed by atoms with Crippen LogP contribution in [0.25, 0.3) is 6.08 Å². The molecule has 2 aromatic rings. The summed E-state index contributed by atoms with van der Waals surface area (Å²) >= 11 is 0. The largest absolute Gasteiger partial charge is 0.454 e. The minimum absolute atomic E-state index is 0.135. The van der Waals surface area contributed by atoms with Crippen LogP contribution in [-0.2, 0) is 20.7 Å². The molecule has 0 fully saturated rings. The molecule has 0 radical (unpaired) electrons. The zero-order valence-corrected chi connectivity index (χ0v) is 15.7. The van der Waals surface area contributed by atoms with Crippen LogP contribution in [0.15, 0.2) is 54.1 Å². The molecule has 0 aromatic heterocycles. The summed E-state index contributed by atoms with van der Waals surface area (Å²) < 4.78 is 15.4. The number of fused-ring (bicyclic) bond motifs is 1.